The van der Waals surface area contributed by atoms with Crippen LogP contribution >= 0.6 is 0 Å². The van der Waals surface area contributed by atoms with Gasteiger partial charge in [0.2, 0.25) is 5.91 Å². The Bertz CT molecular complexity index is 381. The molecule has 2 aliphatic heterocycles. The standard InChI is InChI=1S/C15H26N2O3/c1-3-15(4-8-16-9-5-15)12(18)17-10-6-14(2,7-11-17)13(19)20/h16H,3-11H2,1-2H3,(H,19,20). The summed E-state index contributed by atoms with van der Waals surface area (Å²) < 4.78 is 0. The van der Waals surface area contributed by atoms with Gasteiger partial charge < -0.3 is 15.3 Å². The molecular formula is C15H26N2O3. The maximum Gasteiger partial charge on any atom is 0.309 e. The van der Waals surface area contributed by atoms with Crippen LogP contribution in [0.5, 0.6) is 0 Å². The minimum atomic E-state index is -0.739. The van der Waals surface area contributed by atoms with Gasteiger partial charge in [0.1, 0.15) is 0 Å². The molecule has 0 unspecified atom stereocenters. The molecule has 5 heteroatoms. The normalized spacial score (nSPS) is 25.2. The van der Waals surface area contributed by atoms with Gasteiger partial charge >= 0.3 is 5.97 Å². The summed E-state index contributed by atoms with van der Waals surface area (Å²) in [6.07, 6.45) is 3.79. The Balaban J connectivity index is 2.02. The number of nitrogens with one attached hydrogen (secondary N) is 1. The number of rotatable bonds is 3. The SMILES string of the molecule is CCC1(C(=O)N2CCC(C)(C(=O)O)CC2)CCNCC1. The maximum atomic E-state index is 12.8. The fourth-order valence-electron chi connectivity index (χ4n) is 3.38. The zero-order chi connectivity index (χ0) is 14.8. The van der Waals surface area contributed by atoms with Crippen LogP contribution in [0.2, 0.25) is 0 Å². The van der Waals surface area contributed by atoms with Crippen LogP contribution in [-0.2, 0) is 9.59 Å². The molecule has 2 N–H and O–H groups in total. The zero-order valence-corrected chi connectivity index (χ0v) is 12.6. The van der Waals surface area contributed by atoms with Crippen LogP contribution in [0.25, 0.3) is 0 Å². The molecular weight excluding hydrogens is 256 g/mol. The van der Waals surface area contributed by atoms with E-state index in [1.807, 2.05) is 4.90 Å². The van der Waals surface area contributed by atoms with Crippen molar-refractivity contribution in [1.82, 2.24) is 10.2 Å². The first kappa shape index (κ1) is 15.3. The average Bonchev–Trinajstić information content (AvgIpc) is 2.48. The highest BCUT2D eigenvalue weighted by atomic mass is 16.4. The third-order valence-electron chi connectivity index (χ3n) is 5.36. The summed E-state index contributed by atoms with van der Waals surface area (Å²) in [6.45, 7) is 6.85. The molecule has 0 spiro atoms. The zero-order valence-electron chi connectivity index (χ0n) is 12.6. The lowest BCUT2D eigenvalue weighted by Gasteiger charge is -2.43. The second-order valence-corrected chi connectivity index (χ2v) is 6.54. The van der Waals surface area contributed by atoms with Gasteiger partial charge in [-0.25, -0.2) is 0 Å². The Hall–Kier alpha value is -1.10. The molecule has 0 aromatic carbocycles. The Kier molecular flexibility index (Phi) is 4.37. The van der Waals surface area contributed by atoms with Crippen LogP contribution in [0.1, 0.15) is 46.0 Å². The number of carboxylic acids is 1. The molecule has 20 heavy (non-hydrogen) atoms. The lowest BCUT2D eigenvalue weighted by atomic mass is 9.74. The van der Waals surface area contributed by atoms with Crippen molar-refractivity contribution >= 4 is 11.9 Å². The molecule has 2 fully saturated rings. The molecule has 0 aromatic heterocycles. The van der Waals surface area contributed by atoms with Crippen LogP contribution in [0.4, 0.5) is 0 Å². The smallest absolute Gasteiger partial charge is 0.309 e. The first-order chi connectivity index (χ1) is 9.43. The summed E-state index contributed by atoms with van der Waals surface area (Å²) in [6, 6.07) is 0. The van der Waals surface area contributed by atoms with E-state index in [1.165, 1.54) is 0 Å². The number of carbonyl (C=O) groups is 2. The van der Waals surface area contributed by atoms with Crippen molar-refractivity contribution in [2.75, 3.05) is 26.2 Å². The van der Waals surface area contributed by atoms with Gasteiger partial charge in [0.15, 0.2) is 0 Å². The molecule has 114 valence electrons. The summed E-state index contributed by atoms with van der Waals surface area (Å²) in [7, 11) is 0. The quantitative estimate of drug-likeness (QED) is 0.822. The minimum Gasteiger partial charge on any atom is -0.481 e. The lowest BCUT2D eigenvalue weighted by molar-refractivity contribution is -0.156. The van der Waals surface area contributed by atoms with E-state index in [2.05, 4.69) is 12.2 Å². The first-order valence-electron chi connectivity index (χ1n) is 7.67. The van der Waals surface area contributed by atoms with Gasteiger partial charge in [0, 0.05) is 13.1 Å². The van der Waals surface area contributed by atoms with Crippen LogP contribution in [0.3, 0.4) is 0 Å². The Labute approximate surface area is 120 Å². The van der Waals surface area contributed by atoms with Crippen molar-refractivity contribution in [3.63, 3.8) is 0 Å². The number of carbonyl (C=O) groups excluding carboxylic acids is 1. The average molecular weight is 282 g/mol. The fraction of sp³-hybridized carbons (Fsp3) is 0.867. The molecule has 5 nitrogen and oxygen atoms in total. The topological polar surface area (TPSA) is 69.6 Å². The predicted octanol–water partition coefficient (Wildman–Crippen LogP) is 1.48. The van der Waals surface area contributed by atoms with E-state index in [4.69, 9.17) is 0 Å². The van der Waals surface area contributed by atoms with E-state index in [1.54, 1.807) is 6.92 Å². The molecule has 1 amide bonds. The summed E-state index contributed by atoms with van der Waals surface area (Å²) in [5.41, 5.74) is -0.882. The minimum absolute atomic E-state index is 0.220. The predicted molar refractivity (Wildman–Crippen MR) is 76.4 cm³/mol. The number of carboxylic acid groups (broad SMARTS) is 1. The highest BCUT2D eigenvalue weighted by Gasteiger charge is 2.44. The van der Waals surface area contributed by atoms with Crippen molar-refractivity contribution in [2.24, 2.45) is 10.8 Å². The van der Waals surface area contributed by atoms with Gasteiger partial charge in [-0.3, -0.25) is 9.59 Å². The number of amides is 1. The lowest BCUT2D eigenvalue weighted by Crippen LogP contribution is -2.53. The summed E-state index contributed by atoms with van der Waals surface area (Å²) in [5.74, 6) is -0.495. The van der Waals surface area contributed by atoms with Crippen molar-refractivity contribution in [1.29, 1.82) is 0 Å². The van der Waals surface area contributed by atoms with Gasteiger partial charge in [-0.1, -0.05) is 6.92 Å². The van der Waals surface area contributed by atoms with Crippen molar-refractivity contribution in [3.8, 4) is 0 Å². The number of nitrogens with zero attached hydrogens (tertiary/aromatic N) is 1. The molecule has 0 aromatic rings. The van der Waals surface area contributed by atoms with E-state index in [-0.39, 0.29) is 11.3 Å². The third-order valence-corrected chi connectivity index (χ3v) is 5.36. The molecule has 0 atom stereocenters. The van der Waals surface area contributed by atoms with Gasteiger partial charge in [-0.15, -0.1) is 0 Å². The number of aliphatic carboxylic acids is 1. The monoisotopic (exact) mass is 282 g/mol. The second kappa shape index (κ2) is 5.72. The van der Waals surface area contributed by atoms with E-state index in [9.17, 15) is 14.7 Å². The van der Waals surface area contributed by atoms with Crippen molar-refractivity contribution in [3.05, 3.63) is 0 Å². The molecule has 2 saturated heterocycles. The first-order valence-corrected chi connectivity index (χ1v) is 7.67. The van der Waals surface area contributed by atoms with Crippen LogP contribution in [0, 0.1) is 10.8 Å². The van der Waals surface area contributed by atoms with Crippen LogP contribution in [0.15, 0.2) is 0 Å². The van der Waals surface area contributed by atoms with E-state index in [0.717, 1.165) is 32.4 Å². The second-order valence-electron chi connectivity index (χ2n) is 6.54. The molecule has 0 aliphatic carbocycles. The van der Waals surface area contributed by atoms with Crippen LogP contribution < -0.4 is 5.32 Å². The molecule has 2 aliphatic rings. The van der Waals surface area contributed by atoms with Gasteiger partial charge in [-0.05, 0) is 52.1 Å². The van der Waals surface area contributed by atoms with E-state index >= 15 is 0 Å². The third kappa shape index (κ3) is 2.68. The van der Waals surface area contributed by atoms with E-state index in [0.29, 0.717) is 25.9 Å². The van der Waals surface area contributed by atoms with Crippen molar-refractivity contribution in [2.45, 2.75) is 46.0 Å². The largest absolute Gasteiger partial charge is 0.481 e. The fourth-order valence-corrected chi connectivity index (χ4v) is 3.38. The van der Waals surface area contributed by atoms with Gasteiger partial charge in [-0.2, -0.15) is 0 Å². The summed E-state index contributed by atoms with van der Waals surface area (Å²) in [4.78, 5) is 26.0. The Morgan fingerprint density at radius 2 is 1.70 bits per heavy atom. The van der Waals surface area contributed by atoms with Gasteiger partial charge in [0.25, 0.3) is 0 Å². The number of likely N-dealkylation sites (tertiary alicyclic amines) is 1. The Morgan fingerprint density at radius 3 is 2.15 bits per heavy atom. The molecule has 0 radical (unpaired) electrons. The molecule has 2 rings (SSSR count). The highest BCUT2D eigenvalue weighted by molar-refractivity contribution is 5.83. The van der Waals surface area contributed by atoms with Gasteiger partial charge in [0.05, 0.1) is 10.8 Å². The molecule has 0 saturated carbocycles. The van der Waals surface area contributed by atoms with E-state index < -0.39 is 11.4 Å². The van der Waals surface area contributed by atoms with Crippen molar-refractivity contribution < 1.29 is 14.7 Å². The van der Waals surface area contributed by atoms with Crippen LogP contribution in [-0.4, -0.2) is 48.1 Å². The summed E-state index contributed by atoms with van der Waals surface area (Å²) in [5, 5.41) is 12.6. The maximum absolute atomic E-state index is 12.8. The highest BCUT2D eigenvalue weighted by Crippen LogP contribution is 2.38. The molecule has 2 heterocycles. The number of piperidine rings is 2. The molecule has 0 bridgehead atoms. The Morgan fingerprint density at radius 1 is 1.15 bits per heavy atom. The number of hydrogen-bond acceptors (Lipinski definition) is 3. The number of hydrogen-bond donors (Lipinski definition) is 2. The summed E-state index contributed by atoms with van der Waals surface area (Å²) >= 11 is 0.